The Morgan fingerprint density at radius 2 is 2.24 bits per heavy atom. The van der Waals surface area contributed by atoms with Crippen molar-refractivity contribution in [1.29, 1.82) is 0 Å². The van der Waals surface area contributed by atoms with E-state index in [9.17, 15) is 0 Å². The lowest BCUT2D eigenvalue weighted by Gasteiger charge is -2.41. The Bertz CT molecular complexity index is 496. The number of thioether (sulfide) groups is 1. The van der Waals surface area contributed by atoms with Gasteiger partial charge in [0.15, 0.2) is 0 Å². The van der Waals surface area contributed by atoms with Crippen molar-refractivity contribution < 1.29 is 4.74 Å². The van der Waals surface area contributed by atoms with Crippen LogP contribution in [0.1, 0.15) is 42.0 Å². The zero-order chi connectivity index (χ0) is 14.9. The Kier molecular flexibility index (Phi) is 4.63. The van der Waals surface area contributed by atoms with Gasteiger partial charge in [0.1, 0.15) is 0 Å². The predicted octanol–water partition coefficient (Wildman–Crippen LogP) is 3.87. The van der Waals surface area contributed by atoms with Crippen molar-refractivity contribution in [3.8, 4) is 0 Å². The lowest BCUT2D eigenvalue weighted by molar-refractivity contribution is -0.0850. The van der Waals surface area contributed by atoms with Gasteiger partial charge in [-0.3, -0.25) is 0 Å². The molecule has 3 unspecified atom stereocenters. The number of aryl methyl sites for hydroxylation is 2. The predicted molar refractivity (Wildman–Crippen MR) is 91.1 cm³/mol. The minimum absolute atomic E-state index is 0.167. The highest BCUT2D eigenvalue weighted by Gasteiger charge is 2.42. The number of rotatable bonds is 3. The summed E-state index contributed by atoms with van der Waals surface area (Å²) in [4.78, 5) is 0. The fourth-order valence-corrected chi connectivity index (χ4v) is 5.33. The lowest BCUT2D eigenvalue weighted by atomic mass is 9.78. The van der Waals surface area contributed by atoms with Crippen molar-refractivity contribution in [2.75, 3.05) is 25.2 Å². The van der Waals surface area contributed by atoms with Gasteiger partial charge in [-0.15, -0.1) is 0 Å². The van der Waals surface area contributed by atoms with Crippen molar-refractivity contribution >= 4 is 11.8 Å². The highest BCUT2D eigenvalue weighted by molar-refractivity contribution is 7.99. The molecule has 2 heterocycles. The van der Waals surface area contributed by atoms with Crippen LogP contribution in [-0.2, 0) is 4.74 Å². The van der Waals surface area contributed by atoms with Gasteiger partial charge in [-0.1, -0.05) is 23.8 Å². The third kappa shape index (κ3) is 3.15. The van der Waals surface area contributed by atoms with Crippen LogP contribution in [0.15, 0.2) is 18.2 Å². The van der Waals surface area contributed by atoms with Crippen molar-refractivity contribution in [2.45, 2.75) is 44.8 Å². The van der Waals surface area contributed by atoms with E-state index in [-0.39, 0.29) is 5.60 Å². The van der Waals surface area contributed by atoms with Crippen molar-refractivity contribution in [1.82, 2.24) is 5.32 Å². The number of benzene rings is 1. The molecule has 2 nitrogen and oxygen atoms in total. The fraction of sp³-hybridized carbons (Fsp3) is 0.667. The maximum Gasteiger partial charge on any atom is 0.0783 e. The van der Waals surface area contributed by atoms with Gasteiger partial charge in [0.25, 0.3) is 0 Å². The van der Waals surface area contributed by atoms with Crippen molar-refractivity contribution in [3.05, 3.63) is 34.9 Å². The van der Waals surface area contributed by atoms with Crippen LogP contribution in [0.5, 0.6) is 0 Å². The molecule has 0 radical (unpaired) electrons. The van der Waals surface area contributed by atoms with E-state index in [4.69, 9.17) is 4.74 Å². The summed E-state index contributed by atoms with van der Waals surface area (Å²) in [5.74, 6) is 3.13. The van der Waals surface area contributed by atoms with Crippen LogP contribution >= 0.6 is 11.8 Å². The molecular formula is C18H27NOS. The minimum Gasteiger partial charge on any atom is -0.374 e. The summed E-state index contributed by atoms with van der Waals surface area (Å²) in [6, 6.07) is 7.29. The molecule has 1 spiro atoms. The number of hydrogen-bond donors (Lipinski definition) is 1. The molecule has 2 aliphatic rings. The topological polar surface area (TPSA) is 21.3 Å². The first-order chi connectivity index (χ1) is 10.1. The van der Waals surface area contributed by atoms with Crippen LogP contribution in [0.4, 0.5) is 0 Å². The minimum atomic E-state index is 0.167. The van der Waals surface area contributed by atoms with Gasteiger partial charge in [0, 0.05) is 18.4 Å². The molecule has 116 valence electrons. The lowest BCUT2D eigenvalue weighted by Crippen LogP contribution is -2.43. The van der Waals surface area contributed by atoms with E-state index >= 15 is 0 Å². The second-order valence-electron chi connectivity index (χ2n) is 6.71. The van der Waals surface area contributed by atoms with Gasteiger partial charge >= 0.3 is 0 Å². The zero-order valence-corrected chi connectivity index (χ0v) is 14.3. The molecular weight excluding hydrogens is 278 g/mol. The molecule has 1 N–H and O–H groups in total. The first-order valence-electron chi connectivity index (χ1n) is 8.10. The maximum absolute atomic E-state index is 6.19. The summed E-state index contributed by atoms with van der Waals surface area (Å²) < 4.78 is 6.19. The highest BCUT2D eigenvalue weighted by atomic mass is 32.2. The smallest absolute Gasteiger partial charge is 0.0783 e. The van der Waals surface area contributed by atoms with Gasteiger partial charge in [0.2, 0.25) is 0 Å². The third-order valence-corrected chi connectivity index (χ3v) is 6.37. The summed E-state index contributed by atoms with van der Waals surface area (Å²) in [6.07, 6.45) is 3.61. The average molecular weight is 305 g/mol. The van der Waals surface area contributed by atoms with E-state index in [1.165, 1.54) is 47.5 Å². The zero-order valence-electron chi connectivity index (χ0n) is 13.4. The normalized spacial score (nSPS) is 30.7. The Balaban J connectivity index is 1.84. The third-order valence-electron chi connectivity index (χ3n) is 5.15. The molecule has 1 aromatic carbocycles. The molecule has 3 atom stereocenters. The Labute approximate surface area is 133 Å². The first kappa shape index (κ1) is 15.4. The standard InChI is InChI=1S/C18H27NOS/c1-13-4-5-14(2)16(10-13)17(19-3)15-6-8-20-18(11-15)7-9-21-12-18/h4-5,10,15,17,19H,6-9,11-12H2,1-3H3. The number of ether oxygens (including phenoxy) is 1. The van der Waals surface area contributed by atoms with Crippen molar-refractivity contribution in [3.63, 3.8) is 0 Å². The van der Waals surface area contributed by atoms with Gasteiger partial charge < -0.3 is 10.1 Å². The largest absolute Gasteiger partial charge is 0.374 e. The van der Waals surface area contributed by atoms with E-state index in [2.05, 4.69) is 56.2 Å². The van der Waals surface area contributed by atoms with Gasteiger partial charge in [-0.05, 0) is 63.0 Å². The first-order valence-corrected chi connectivity index (χ1v) is 9.25. The summed E-state index contributed by atoms with van der Waals surface area (Å²) in [5, 5.41) is 3.60. The summed E-state index contributed by atoms with van der Waals surface area (Å²) >= 11 is 2.06. The second-order valence-corrected chi connectivity index (χ2v) is 7.82. The van der Waals surface area contributed by atoms with E-state index in [0.717, 1.165) is 6.61 Å². The van der Waals surface area contributed by atoms with Crippen molar-refractivity contribution in [2.24, 2.45) is 5.92 Å². The Morgan fingerprint density at radius 3 is 2.95 bits per heavy atom. The summed E-state index contributed by atoms with van der Waals surface area (Å²) in [7, 11) is 2.11. The van der Waals surface area contributed by atoms with Crippen LogP contribution in [-0.4, -0.2) is 30.8 Å². The molecule has 2 saturated heterocycles. The van der Waals surface area contributed by atoms with Gasteiger partial charge in [-0.2, -0.15) is 11.8 Å². The molecule has 0 aromatic heterocycles. The van der Waals surface area contributed by atoms with Crippen LogP contribution in [0.25, 0.3) is 0 Å². The van der Waals surface area contributed by atoms with E-state index in [0.29, 0.717) is 12.0 Å². The molecule has 2 aliphatic heterocycles. The highest BCUT2D eigenvalue weighted by Crippen LogP contribution is 2.44. The molecule has 3 rings (SSSR count). The second kappa shape index (κ2) is 6.31. The molecule has 3 heteroatoms. The Hall–Kier alpha value is -0.510. The molecule has 0 saturated carbocycles. The molecule has 2 fully saturated rings. The van der Waals surface area contributed by atoms with E-state index in [1.807, 2.05) is 0 Å². The molecule has 0 amide bonds. The van der Waals surface area contributed by atoms with Crippen LogP contribution in [0, 0.1) is 19.8 Å². The fourth-order valence-electron chi connectivity index (χ4n) is 3.95. The summed E-state index contributed by atoms with van der Waals surface area (Å²) in [6.45, 7) is 5.35. The van der Waals surface area contributed by atoms with Crippen LogP contribution < -0.4 is 5.32 Å². The van der Waals surface area contributed by atoms with Gasteiger partial charge in [0.05, 0.1) is 5.60 Å². The number of hydrogen-bond acceptors (Lipinski definition) is 3. The molecule has 0 aliphatic carbocycles. The average Bonchev–Trinajstić information content (AvgIpc) is 2.91. The van der Waals surface area contributed by atoms with E-state index in [1.54, 1.807) is 0 Å². The number of nitrogens with one attached hydrogen (secondary N) is 1. The van der Waals surface area contributed by atoms with E-state index < -0.39 is 0 Å². The monoisotopic (exact) mass is 305 g/mol. The van der Waals surface area contributed by atoms with Crippen LogP contribution in [0.3, 0.4) is 0 Å². The molecule has 21 heavy (non-hydrogen) atoms. The summed E-state index contributed by atoms with van der Waals surface area (Å²) in [5.41, 5.74) is 4.40. The Morgan fingerprint density at radius 1 is 1.38 bits per heavy atom. The molecule has 0 bridgehead atoms. The maximum atomic E-state index is 6.19. The SMILES string of the molecule is CNC(c1cc(C)ccc1C)C1CCOC2(CCSC2)C1. The quantitative estimate of drug-likeness (QED) is 0.916. The van der Waals surface area contributed by atoms with Gasteiger partial charge in [-0.25, -0.2) is 0 Å². The molecule has 1 aromatic rings. The van der Waals surface area contributed by atoms with Crippen LogP contribution in [0.2, 0.25) is 0 Å².